The second-order valence-electron chi connectivity index (χ2n) is 3.63. The molecule has 0 amide bonds. The molecule has 0 saturated heterocycles. The van der Waals surface area contributed by atoms with E-state index in [4.69, 9.17) is 26.8 Å². The van der Waals surface area contributed by atoms with Gasteiger partial charge in [-0.2, -0.15) is 5.10 Å². The Kier molecular flexibility index (Phi) is 6.70. The standard InChI is InChI=1S/C12H14ClN3O4S/c1-18-9-4-7(5-15-16-12(14)21)3-8(13)11(9)20-6-10(17)19-2/h3-5H,6H2,1-2H3,(H3,14,16,21). The van der Waals surface area contributed by atoms with Crippen LogP contribution < -0.4 is 20.6 Å². The van der Waals surface area contributed by atoms with Gasteiger partial charge < -0.3 is 19.9 Å². The van der Waals surface area contributed by atoms with Gasteiger partial charge >= 0.3 is 5.97 Å². The molecule has 0 fully saturated rings. The van der Waals surface area contributed by atoms with Crippen molar-refractivity contribution in [1.82, 2.24) is 5.43 Å². The molecule has 21 heavy (non-hydrogen) atoms. The molecule has 0 aliphatic carbocycles. The molecule has 0 aliphatic heterocycles. The topological polar surface area (TPSA) is 95.2 Å². The van der Waals surface area contributed by atoms with Gasteiger partial charge in [-0.3, -0.25) is 5.43 Å². The SMILES string of the molecule is COC(=O)COc1c(Cl)cc(C=NNC(N)=S)cc1OC. The van der Waals surface area contributed by atoms with Gasteiger partial charge in [-0.05, 0) is 29.9 Å². The lowest BCUT2D eigenvalue weighted by molar-refractivity contribution is -0.142. The van der Waals surface area contributed by atoms with Crippen molar-refractivity contribution in [2.24, 2.45) is 10.8 Å². The summed E-state index contributed by atoms with van der Waals surface area (Å²) in [6, 6.07) is 3.21. The Balaban J connectivity index is 2.93. The molecule has 3 N–H and O–H groups in total. The first-order valence-corrected chi connectivity index (χ1v) is 6.42. The van der Waals surface area contributed by atoms with Crippen LogP contribution >= 0.6 is 23.8 Å². The summed E-state index contributed by atoms with van der Waals surface area (Å²) in [7, 11) is 2.71. The van der Waals surface area contributed by atoms with Gasteiger partial charge in [0, 0.05) is 0 Å². The number of esters is 1. The van der Waals surface area contributed by atoms with Gasteiger partial charge in [0.2, 0.25) is 0 Å². The van der Waals surface area contributed by atoms with Crippen LogP contribution in [0, 0.1) is 0 Å². The molecule has 0 spiro atoms. The van der Waals surface area contributed by atoms with Gasteiger partial charge in [0.05, 0.1) is 25.5 Å². The Bertz CT molecular complexity index is 566. The van der Waals surface area contributed by atoms with E-state index in [0.29, 0.717) is 11.3 Å². The van der Waals surface area contributed by atoms with E-state index in [-0.39, 0.29) is 22.5 Å². The lowest BCUT2D eigenvalue weighted by atomic mass is 10.2. The van der Waals surface area contributed by atoms with Crippen LogP contribution in [-0.2, 0) is 9.53 Å². The molecule has 114 valence electrons. The predicted molar refractivity (Wildman–Crippen MR) is 83.0 cm³/mol. The first kappa shape index (κ1) is 17.0. The summed E-state index contributed by atoms with van der Waals surface area (Å²) in [6.45, 7) is -0.275. The molecule has 0 radical (unpaired) electrons. The Morgan fingerprint density at radius 1 is 1.52 bits per heavy atom. The summed E-state index contributed by atoms with van der Waals surface area (Å²) in [4.78, 5) is 11.1. The van der Waals surface area contributed by atoms with Gasteiger partial charge in [0.15, 0.2) is 23.2 Å². The van der Waals surface area contributed by atoms with Crippen molar-refractivity contribution in [1.29, 1.82) is 0 Å². The molecule has 1 rings (SSSR count). The quantitative estimate of drug-likeness (QED) is 0.348. The lowest BCUT2D eigenvalue weighted by Crippen LogP contribution is -2.24. The van der Waals surface area contributed by atoms with Gasteiger partial charge in [-0.1, -0.05) is 11.6 Å². The highest BCUT2D eigenvalue weighted by Gasteiger charge is 2.13. The van der Waals surface area contributed by atoms with Crippen LogP contribution in [0.4, 0.5) is 0 Å². The molecule has 0 atom stereocenters. The van der Waals surface area contributed by atoms with E-state index in [0.717, 1.165) is 0 Å². The Labute approximate surface area is 132 Å². The number of nitrogens with two attached hydrogens (primary N) is 1. The number of nitrogens with one attached hydrogen (secondary N) is 1. The van der Waals surface area contributed by atoms with E-state index >= 15 is 0 Å². The lowest BCUT2D eigenvalue weighted by Gasteiger charge is -2.12. The van der Waals surface area contributed by atoms with Gasteiger partial charge in [-0.15, -0.1) is 0 Å². The van der Waals surface area contributed by atoms with Crippen molar-refractivity contribution < 1.29 is 19.0 Å². The molecule has 1 aromatic carbocycles. The number of benzene rings is 1. The van der Waals surface area contributed by atoms with E-state index in [1.54, 1.807) is 12.1 Å². The number of carbonyl (C=O) groups is 1. The number of ether oxygens (including phenoxy) is 3. The highest BCUT2D eigenvalue weighted by Crippen LogP contribution is 2.36. The molecule has 9 heteroatoms. The van der Waals surface area contributed by atoms with E-state index in [9.17, 15) is 4.79 Å². The molecule has 0 saturated carbocycles. The Morgan fingerprint density at radius 2 is 2.24 bits per heavy atom. The maximum atomic E-state index is 11.1. The summed E-state index contributed by atoms with van der Waals surface area (Å²) in [5.41, 5.74) is 8.29. The van der Waals surface area contributed by atoms with Crippen molar-refractivity contribution in [2.45, 2.75) is 0 Å². The summed E-state index contributed by atoms with van der Waals surface area (Å²) < 4.78 is 14.9. The number of methoxy groups -OCH3 is 2. The minimum Gasteiger partial charge on any atom is -0.493 e. The van der Waals surface area contributed by atoms with E-state index in [2.05, 4.69) is 27.5 Å². The van der Waals surface area contributed by atoms with Crippen LogP contribution in [0.3, 0.4) is 0 Å². The number of nitrogens with zero attached hydrogens (tertiary/aromatic N) is 1. The summed E-state index contributed by atoms with van der Waals surface area (Å²) in [5, 5.41) is 4.11. The number of rotatable bonds is 6. The largest absolute Gasteiger partial charge is 0.493 e. The van der Waals surface area contributed by atoms with Crippen LogP contribution in [0.25, 0.3) is 0 Å². The molecule has 1 aromatic rings. The third kappa shape index (κ3) is 5.44. The second kappa shape index (κ2) is 8.28. The number of hydrogen-bond donors (Lipinski definition) is 2. The fraction of sp³-hybridized carbons (Fsp3) is 0.250. The van der Waals surface area contributed by atoms with Crippen LogP contribution in [0.5, 0.6) is 11.5 Å². The van der Waals surface area contributed by atoms with Gasteiger partial charge in [-0.25, -0.2) is 4.79 Å². The first-order valence-electron chi connectivity index (χ1n) is 5.63. The summed E-state index contributed by atoms with van der Waals surface area (Å²) in [5.74, 6) is 0.0617. The van der Waals surface area contributed by atoms with Crippen molar-refractivity contribution in [3.05, 3.63) is 22.7 Å². The fourth-order valence-electron chi connectivity index (χ4n) is 1.31. The fourth-order valence-corrected chi connectivity index (χ4v) is 1.64. The normalized spacial score (nSPS) is 10.2. The molecule has 0 bridgehead atoms. The van der Waals surface area contributed by atoms with Gasteiger partial charge in [0.1, 0.15) is 0 Å². The van der Waals surface area contributed by atoms with Crippen molar-refractivity contribution in [3.8, 4) is 11.5 Å². The molecule has 0 aromatic heterocycles. The average Bonchev–Trinajstić information content (AvgIpc) is 2.44. The highest BCUT2D eigenvalue weighted by atomic mass is 35.5. The monoisotopic (exact) mass is 331 g/mol. The Hall–Kier alpha value is -2.06. The minimum atomic E-state index is -0.528. The molecular formula is C12H14ClN3O4S. The van der Waals surface area contributed by atoms with E-state index < -0.39 is 5.97 Å². The van der Waals surface area contributed by atoms with Crippen molar-refractivity contribution >= 4 is 41.1 Å². The summed E-state index contributed by atoms with van der Waals surface area (Å²) >= 11 is 10.7. The zero-order valence-electron chi connectivity index (χ0n) is 11.4. The smallest absolute Gasteiger partial charge is 0.343 e. The number of hydrazone groups is 1. The molecule has 0 unspecified atom stereocenters. The molecular weight excluding hydrogens is 318 g/mol. The number of hydrogen-bond acceptors (Lipinski definition) is 6. The number of halogens is 1. The van der Waals surface area contributed by atoms with Crippen LogP contribution in [0.1, 0.15) is 5.56 Å². The summed E-state index contributed by atoms with van der Waals surface area (Å²) in [6.07, 6.45) is 1.46. The minimum absolute atomic E-state index is 0.0438. The van der Waals surface area contributed by atoms with E-state index in [1.807, 2.05) is 0 Å². The first-order chi connectivity index (χ1) is 9.97. The number of carbonyl (C=O) groups excluding carboxylic acids is 1. The molecule has 0 heterocycles. The predicted octanol–water partition coefficient (Wildman–Crippen LogP) is 1.07. The third-order valence-corrected chi connectivity index (χ3v) is 2.57. The van der Waals surface area contributed by atoms with Gasteiger partial charge in [0.25, 0.3) is 0 Å². The van der Waals surface area contributed by atoms with Crippen molar-refractivity contribution in [3.63, 3.8) is 0 Å². The third-order valence-electron chi connectivity index (χ3n) is 2.20. The maximum Gasteiger partial charge on any atom is 0.343 e. The average molecular weight is 332 g/mol. The Morgan fingerprint density at radius 3 is 2.81 bits per heavy atom. The zero-order valence-corrected chi connectivity index (χ0v) is 13.0. The second-order valence-corrected chi connectivity index (χ2v) is 4.48. The molecule has 7 nitrogen and oxygen atoms in total. The highest BCUT2D eigenvalue weighted by molar-refractivity contribution is 7.80. The van der Waals surface area contributed by atoms with Crippen molar-refractivity contribution in [2.75, 3.05) is 20.8 Å². The zero-order chi connectivity index (χ0) is 15.8. The van der Waals surface area contributed by atoms with E-state index in [1.165, 1.54) is 20.4 Å². The van der Waals surface area contributed by atoms with Crippen LogP contribution in [0.15, 0.2) is 17.2 Å². The van der Waals surface area contributed by atoms with Crippen LogP contribution in [-0.4, -0.2) is 38.1 Å². The number of thiocarbonyl (C=S) groups is 1. The maximum absolute atomic E-state index is 11.1. The molecule has 0 aliphatic rings. The van der Waals surface area contributed by atoms with Crippen LogP contribution in [0.2, 0.25) is 5.02 Å².